The van der Waals surface area contributed by atoms with E-state index < -0.39 is 18.0 Å². The Bertz CT molecular complexity index is 802. The van der Waals surface area contributed by atoms with Crippen molar-refractivity contribution < 1.29 is 24.8 Å². The zero-order valence-electron chi connectivity index (χ0n) is 20.2. The second kappa shape index (κ2) is 7.04. The molecule has 0 aromatic rings. The van der Waals surface area contributed by atoms with E-state index in [0.29, 0.717) is 30.1 Å². The van der Waals surface area contributed by atoms with Crippen LogP contribution in [0.5, 0.6) is 0 Å². The normalized spacial score (nSPS) is 61.5. The standard InChI is InChI=1S/C27H42O5/c1-14-5-8-27(31-13-14)15(2)23-21(32-27)11-18-22-19(29)10-16-9-17(28)6-7-25(16,3)24(22)20(30)12-26(18,23)4/h10,14-15,17-24,28-30H,5-9,11-13H2,1-4H3/t14-,15+,17+,18+,19-,20-,21+,22-,23+,24+,25+,26+,27-/m1/s1. The Balaban J connectivity index is 1.34. The highest BCUT2D eigenvalue weighted by atomic mass is 16.7. The average molecular weight is 447 g/mol. The van der Waals surface area contributed by atoms with Crippen LogP contribution in [0.3, 0.4) is 0 Å². The van der Waals surface area contributed by atoms with Gasteiger partial charge in [-0.05, 0) is 78.9 Å². The number of aliphatic hydroxyl groups is 3. The Morgan fingerprint density at radius 1 is 1.03 bits per heavy atom. The van der Waals surface area contributed by atoms with E-state index in [2.05, 4.69) is 27.7 Å². The van der Waals surface area contributed by atoms with Crippen molar-refractivity contribution in [2.45, 2.75) is 103 Å². The third-order valence-electron chi connectivity index (χ3n) is 11.3. The van der Waals surface area contributed by atoms with Gasteiger partial charge in [0.25, 0.3) is 0 Å². The molecular weight excluding hydrogens is 404 g/mol. The molecular formula is C27H42O5. The summed E-state index contributed by atoms with van der Waals surface area (Å²) in [7, 11) is 0. The van der Waals surface area contributed by atoms with Gasteiger partial charge in [0.2, 0.25) is 0 Å². The lowest BCUT2D eigenvalue weighted by molar-refractivity contribution is -0.274. The molecule has 2 aliphatic heterocycles. The Morgan fingerprint density at radius 3 is 2.53 bits per heavy atom. The number of ether oxygens (including phenoxy) is 2. The highest BCUT2D eigenvalue weighted by molar-refractivity contribution is 5.29. The second-order valence-corrected chi connectivity index (χ2v) is 13.0. The molecule has 0 bridgehead atoms. The summed E-state index contributed by atoms with van der Waals surface area (Å²) in [4.78, 5) is 0. The Hall–Kier alpha value is -0.460. The van der Waals surface area contributed by atoms with Crippen LogP contribution in [0.2, 0.25) is 0 Å². The Labute approximate surface area is 192 Å². The predicted octanol–water partition coefficient (Wildman–Crippen LogP) is 3.66. The van der Waals surface area contributed by atoms with Crippen molar-refractivity contribution in [2.24, 2.45) is 46.3 Å². The largest absolute Gasteiger partial charge is 0.393 e. The minimum atomic E-state index is -0.553. The zero-order chi connectivity index (χ0) is 22.6. The molecule has 5 fully saturated rings. The van der Waals surface area contributed by atoms with Gasteiger partial charge < -0.3 is 24.8 Å². The molecule has 13 atom stereocenters. The van der Waals surface area contributed by atoms with Gasteiger partial charge in [-0.15, -0.1) is 0 Å². The quantitative estimate of drug-likeness (QED) is 0.495. The van der Waals surface area contributed by atoms with Crippen molar-refractivity contribution in [3.05, 3.63) is 11.6 Å². The van der Waals surface area contributed by atoms with Gasteiger partial charge in [0, 0.05) is 12.3 Å². The van der Waals surface area contributed by atoms with Gasteiger partial charge in [0.15, 0.2) is 5.79 Å². The van der Waals surface area contributed by atoms with E-state index in [9.17, 15) is 15.3 Å². The number of aliphatic hydroxyl groups excluding tert-OH is 3. The molecule has 4 aliphatic carbocycles. The van der Waals surface area contributed by atoms with E-state index in [1.165, 1.54) is 5.57 Å². The summed E-state index contributed by atoms with van der Waals surface area (Å²) < 4.78 is 13.2. The van der Waals surface area contributed by atoms with Crippen molar-refractivity contribution in [3.63, 3.8) is 0 Å². The SMILES string of the molecule is C[C@@H]1CC[C@@]2(OC1)O[C@H]1C[C@H]3[C@H]4[C@H]([C@H](O)C[C@]3(C)[C@H]1[C@@H]2C)[C@@]1(C)CC[C@H](O)CC1=C[C@H]4O. The summed E-state index contributed by atoms with van der Waals surface area (Å²) in [6.07, 6.45) is 7.04. The third-order valence-corrected chi connectivity index (χ3v) is 11.3. The molecule has 0 radical (unpaired) electrons. The highest BCUT2D eigenvalue weighted by Crippen LogP contribution is 2.70. The first kappa shape index (κ1) is 22.0. The first-order valence-corrected chi connectivity index (χ1v) is 13.2. The number of rotatable bonds is 0. The summed E-state index contributed by atoms with van der Waals surface area (Å²) in [5, 5.41) is 33.3. The summed E-state index contributed by atoms with van der Waals surface area (Å²) in [6, 6.07) is 0. The molecule has 0 amide bonds. The van der Waals surface area contributed by atoms with Gasteiger partial charge in [-0.1, -0.05) is 39.3 Å². The molecule has 2 heterocycles. The van der Waals surface area contributed by atoms with Gasteiger partial charge in [-0.25, -0.2) is 0 Å². The minimum Gasteiger partial charge on any atom is -0.393 e. The predicted molar refractivity (Wildman–Crippen MR) is 120 cm³/mol. The molecule has 5 heteroatoms. The molecule has 0 unspecified atom stereocenters. The molecule has 3 saturated carbocycles. The van der Waals surface area contributed by atoms with Crippen molar-refractivity contribution >= 4 is 0 Å². The summed E-state index contributed by atoms with van der Waals surface area (Å²) in [5.74, 6) is 1.23. The molecule has 32 heavy (non-hydrogen) atoms. The van der Waals surface area contributed by atoms with E-state index in [0.717, 1.165) is 45.1 Å². The maximum atomic E-state index is 11.7. The van der Waals surface area contributed by atoms with Crippen LogP contribution in [-0.2, 0) is 9.47 Å². The molecule has 2 saturated heterocycles. The molecule has 6 rings (SSSR count). The number of fused-ring (bicyclic) bond motifs is 7. The van der Waals surface area contributed by atoms with E-state index in [4.69, 9.17) is 9.47 Å². The van der Waals surface area contributed by atoms with Gasteiger partial charge in [0.1, 0.15) is 0 Å². The Kier molecular flexibility index (Phi) is 4.84. The maximum Gasteiger partial charge on any atom is 0.171 e. The minimum absolute atomic E-state index is 0.0531. The van der Waals surface area contributed by atoms with Gasteiger partial charge in [-0.3, -0.25) is 0 Å². The molecule has 3 N–H and O–H groups in total. The lowest BCUT2D eigenvalue weighted by Crippen LogP contribution is -2.60. The summed E-state index contributed by atoms with van der Waals surface area (Å²) >= 11 is 0. The van der Waals surface area contributed by atoms with Crippen LogP contribution in [0.15, 0.2) is 11.6 Å². The van der Waals surface area contributed by atoms with E-state index in [-0.39, 0.29) is 34.9 Å². The molecule has 5 nitrogen and oxygen atoms in total. The lowest BCUT2D eigenvalue weighted by atomic mass is 9.45. The zero-order valence-corrected chi connectivity index (χ0v) is 20.2. The number of hydrogen-bond donors (Lipinski definition) is 3. The summed E-state index contributed by atoms with van der Waals surface area (Å²) in [6.45, 7) is 9.98. The van der Waals surface area contributed by atoms with Crippen LogP contribution in [-0.4, -0.2) is 52.1 Å². The van der Waals surface area contributed by atoms with Crippen LogP contribution < -0.4 is 0 Å². The van der Waals surface area contributed by atoms with E-state index >= 15 is 0 Å². The molecule has 1 spiro atoms. The molecule has 0 aromatic heterocycles. The molecule has 0 aromatic carbocycles. The highest BCUT2D eigenvalue weighted by Gasteiger charge is 2.71. The fraction of sp³-hybridized carbons (Fsp3) is 0.926. The van der Waals surface area contributed by atoms with E-state index in [1.54, 1.807) is 0 Å². The van der Waals surface area contributed by atoms with Crippen molar-refractivity contribution in [2.75, 3.05) is 6.61 Å². The van der Waals surface area contributed by atoms with Crippen molar-refractivity contribution in [1.29, 1.82) is 0 Å². The average Bonchev–Trinajstić information content (AvgIpc) is 3.16. The Morgan fingerprint density at radius 2 is 1.81 bits per heavy atom. The van der Waals surface area contributed by atoms with Crippen LogP contribution in [0, 0.1) is 46.3 Å². The second-order valence-electron chi connectivity index (χ2n) is 13.0. The smallest absolute Gasteiger partial charge is 0.171 e. The van der Waals surface area contributed by atoms with Gasteiger partial charge >= 0.3 is 0 Å². The topological polar surface area (TPSA) is 79.2 Å². The van der Waals surface area contributed by atoms with Crippen LogP contribution in [0.25, 0.3) is 0 Å². The van der Waals surface area contributed by atoms with Crippen molar-refractivity contribution in [1.82, 2.24) is 0 Å². The maximum absolute atomic E-state index is 11.7. The molecule has 6 aliphatic rings. The molecule has 180 valence electrons. The van der Waals surface area contributed by atoms with E-state index in [1.807, 2.05) is 6.08 Å². The van der Waals surface area contributed by atoms with Gasteiger partial charge in [0.05, 0.1) is 31.0 Å². The van der Waals surface area contributed by atoms with Crippen molar-refractivity contribution in [3.8, 4) is 0 Å². The van der Waals surface area contributed by atoms with Crippen LogP contribution in [0.1, 0.15) is 72.6 Å². The van der Waals surface area contributed by atoms with Crippen LogP contribution in [0.4, 0.5) is 0 Å². The number of hydrogen-bond acceptors (Lipinski definition) is 5. The monoisotopic (exact) mass is 446 g/mol. The lowest BCUT2D eigenvalue weighted by Gasteiger charge is -2.61. The van der Waals surface area contributed by atoms with Crippen LogP contribution >= 0.6 is 0 Å². The first-order valence-electron chi connectivity index (χ1n) is 13.2. The van der Waals surface area contributed by atoms with Gasteiger partial charge in [-0.2, -0.15) is 0 Å². The fourth-order valence-electron chi connectivity index (χ4n) is 9.77. The fourth-order valence-corrected chi connectivity index (χ4v) is 9.77. The summed E-state index contributed by atoms with van der Waals surface area (Å²) in [5.41, 5.74) is 0.981. The third kappa shape index (κ3) is 2.75. The first-order chi connectivity index (χ1) is 15.1.